The Bertz CT molecular complexity index is 564. The van der Waals surface area contributed by atoms with Crippen molar-refractivity contribution < 1.29 is 19.6 Å². The van der Waals surface area contributed by atoms with Crippen LogP contribution in [0.25, 0.3) is 0 Å². The molecule has 3 N–H and O–H groups in total. The van der Waals surface area contributed by atoms with E-state index in [1.54, 1.807) is 6.07 Å². The third-order valence-electron chi connectivity index (χ3n) is 2.57. The summed E-state index contributed by atoms with van der Waals surface area (Å²) in [6.07, 6.45) is 0. The molecule has 0 fully saturated rings. The van der Waals surface area contributed by atoms with Crippen LogP contribution in [0.1, 0.15) is 13.8 Å². The molecule has 2 atom stereocenters. The smallest absolute Gasteiger partial charge is 0.327 e. The van der Waals surface area contributed by atoms with Crippen molar-refractivity contribution in [1.29, 1.82) is 0 Å². The van der Waals surface area contributed by atoms with Gasteiger partial charge in [-0.15, -0.1) is 0 Å². The molecule has 0 unspecified atom stereocenters. The number of nitrogens with zero attached hydrogens (tertiary/aromatic N) is 2. The lowest BCUT2D eigenvalue weighted by Gasteiger charge is -2.26. The van der Waals surface area contributed by atoms with Crippen molar-refractivity contribution in [3.63, 3.8) is 0 Å². The second-order valence-electron chi connectivity index (χ2n) is 4.28. The fraction of sp³-hybridized carbons (Fsp3) is 0.333. The van der Waals surface area contributed by atoms with Gasteiger partial charge in [0.15, 0.2) is 0 Å². The second kappa shape index (κ2) is 7.04. The molecule has 1 amide bonds. The SMILES string of the molecule is C[C@H](N)C(=O)N(Sc1ccccc1[N+](=O)[O-])[C@@H](C)C(=O)O. The van der Waals surface area contributed by atoms with Gasteiger partial charge in [-0.2, -0.15) is 0 Å². The minimum absolute atomic E-state index is 0.171. The molecule has 9 heteroatoms. The largest absolute Gasteiger partial charge is 0.480 e. The minimum atomic E-state index is -1.23. The van der Waals surface area contributed by atoms with Gasteiger partial charge in [-0.1, -0.05) is 12.1 Å². The fourth-order valence-corrected chi connectivity index (χ4v) is 2.50. The monoisotopic (exact) mass is 313 g/mol. The summed E-state index contributed by atoms with van der Waals surface area (Å²) in [6, 6.07) is 3.69. The van der Waals surface area contributed by atoms with Crippen molar-refractivity contribution >= 4 is 29.5 Å². The number of carbonyl (C=O) groups excluding carboxylic acids is 1. The van der Waals surface area contributed by atoms with E-state index in [2.05, 4.69) is 0 Å². The van der Waals surface area contributed by atoms with E-state index in [4.69, 9.17) is 10.8 Å². The Morgan fingerprint density at radius 2 is 1.95 bits per heavy atom. The summed E-state index contributed by atoms with van der Waals surface area (Å²) in [6.45, 7) is 2.73. The molecule has 114 valence electrons. The van der Waals surface area contributed by atoms with Crippen LogP contribution in [0, 0.1) is 10.1 Å². The molecule has 21 heavy (non-hydrogen) atoms. The maximum atomic E-state index is 12.0. The number of amides is 1. The van der Waals surface area contributed by atoms with Gasteiger partial charge in [0.2, 0.25) is 5.91 Å². The predicted octanol–water partition coefficient (Wildman–Crippen LogP) is 1.25. The van der Waals surface area contributed by atoms with Gasteiger partial charge in [-0.05, 0) is 31.9 Å². The van der Waals surface area contributed by atoms with Crippen LogP contribution in [0.15, 0.2) is 29.2 Å². The number of carboxylic acids is 1. The molecule has 0 saturated carbocycles. The van der Waals surface area contributed by atoms with Crippen molar-refractivity contribution in [1.82, 2.24) is 4.31 Å². The predicted molar refractivity (Wildman–Crippen MR) is 76.5 cm³/mol. The summed E-state index contributed by atoms with van der Waals surface area (Å²) < 4.78 is 0.940. The Labute approximate surface area is 125 Å². The van der Waals surface area contributed by atoms with Crippen LogP contribution in [0.4, 0.5) is 5.69 Å². The third-order valence-corrected chi connectivity index (χ3v) is 3.81. The minimum Gasteiger partial charge on any atom is -0.480 e. The molecule has 0 aliphatic carbocycles. The first-order valence-electron chi connectivity index (χ1n) is 5.98. The molecule has 0 aliphatic heterocycles. The highest BCUT2D eigenvalue weighted by atomic mass is 32.2. The van der Waals surface area contributed by atoms with Crippen LogP contribution in [0.2, 0.25) is 0 Å². The normalized spacial score (nSPS) is 13.3. The number of para-hydroxylation sites is 1. The van der Waals surface area contributed by atoms with Crippen LogP contribution >= 0.6 is 11.9 Å². The molecule has 0 bridgehead atoms. The van der Waals surface area contributed by atoms with E-state index in [1.165, 1.54) is 32.0 Å². The number of nitro benzene ring substituents is 1. The van der Waals surface area contributed by atoms with Crippen LogP contribution in [0.5, 0.6) is 0 Å². The number of carboxylic acid groups (broad SMARTS) is 1. The van der Waals surface area contributed by atoms with Crippen molar-refractivity contribution in [3.05, 3.63) is 34.4 Å². The lowest BCUT2D eigenvalue weighted by Crippen LogP contribution is -2.45. The van der Waals surface area contributed by atoms with Gasteiger partial charge in [-0.25, -0.2) is 4.79 Å². The molecule has 0 saturated heterocycles. The zero-order valence-electron chi connectivity index (χ0n) is 11.4. The summed E-state index contributed by atoms with van der Waals surface area (Å²) in [5.74, 6) is -1.84. The molecule has 1 aromatic carbocycles. The van der Waals surface area contributed by atoms with Gasteiger partial charge in [0.05, 0.1) is 11.0 Å². The highest BCUT2D eigenvalue weighted by Crippen LogP contribution is 2.33. The molecule has 8 nitrogen and oxygen atoms in total. The van der Waals surface area contributed by atoms with Crippen LogP contribution in [-0.4, -0.2) is 38.3 Å². The van der Waals surface area contributed by atoms with Gasteiger partial charge < -0.3 is 10.8 Å². The molecular weight excluding hydrogens is 298 g/mol. The molecule has 0 aromatic heterocycles. The molecule has 0 aliphatic rings. The molecule has 0 radical (unpaired) electrons. The highest BCUT2D eigenvalue weighted by Gasteiger charge is 2.30. The third kappa shape index (κ3) is 4.17. The Balaban J connectivity index is 3.16. The number of nitrogens with two attached hydrogens (primary N) is 1. The van der Waals surface area contributed by atoms with E-state index in [9.17, 15) is 19.7 Å². The molecule has 0 heterocycles. The molecule has 0 spiro atoms. The Kier molecular flexibility index (Phi) is 5.68. The number of benzene rings is 1. The van der Waals surface area contributed by atoms with Crippen molar-refractivity contribution in [2.45, 2.75) is 30.8 Å². The van der Waals surface area contributed by atoms with Gasteiger partial charge in [0, 0.05) is 6.07 Å². The first-order valence-corrected chi connectivity index (χ1v) is 6.76. The molecule has 1 aromatic rings. The Morgan fingerprint density at radius 3 is 2.43 bits per heavy atom. The Morgan fingerprint density at radius 1 is 1.38 bits per heavy atom. The Hall–Kier alpha value is -2.13. The lowest BCUT2D eigenvalue weighted by molar-refractivity contribution is -0.387. The van der Waals surface area contributed by atoms with Gasteiger partial charge >= 0.3 is 5.97 Å². The number of nitro groups is 1. The zero-order chi connectivity index (χ0) is 16.2. The van der Waals surface area contributed by atoms with E-state index in [0.29, 0.717) is 11.9 Å². The zero-order valence-corrected chi connectivity index (χ0v) is 12.2. The fourth-order valence-electron chi connectivity index (χ4n) is 1.41. The van der Waals surface area contributed by atoms with Gasteiger partial charge in [-0.3, -0.25) is 19.2 Å². The molecule has 1 rings (SSSR count). The van der Waals surface area contributed by atoms with Crippen LogP contribution < -0.4 is 5.73 Å². The number of hydrogen-bond donors (Lipinski definition) is 2. The van der Waals surface area contributed by atoms with E-state index in [0.717, 1.165) is 4.31 Å². The first kappa shape index (κ1) is 16.9. The topological polar surface area (TPSA) is 127 Å². The van der Waals surface area contributed by atoms with Crippen molar-refractivity contribution in [2.24, 2.45) is 5.73 Å². The second-order valence-corrected chi connectivity index (χ2v) is 5.30. The molecular formula is C12H15N3O5S. The average Bonchev–Trinajstić information content (AvgIpc) is 2.43. The van der Waals surface area contributed by atoms with Crippen LogP contribution in [0.3, 0.4) is 0 Å². The van der Waals surface area contributed by atoms with E-state index in [1.807, 2.05) is 0 Å². The maximum Gasteiger partial charge on any atom is 0.327 e. The van der Waals surface area contributed by atoms with Gasteiger partial charge in [0.25, 0.3) is 5.69 Å². The van der Waals surface area contributed by atoms with Crippen LogP contribution in [-0.2, 0) is 9.59 Å². The van der Waals surface area contributed by atoms with E-state index >= 15 is 0 Å². The first-order chi connectivity index (χ1) is 9.75. The lowest BCUT2D eigenvalue weighted by atomic mass is 10.3. The summed E-state index contributed by atoms with van der Waals surface area (Å²) in [7, 11) is 0. The highest BCUT2D eigenvalue weighted by molar-refractivity contribution is 7.97. The number of hydrogen-bond acceptors (Lipinski definition) is 6. The quantitative estimate of drug-likeness (QED) is 0.459. The van der Waals surface area contributed by atoms with E-state index < -0.39 is 28.9 Å². The standard InChI is InChI=1S/C12H15N3O5S/c1-7(13)11(16)14(8(2)12(17)18)21-10-6-4-3-5-9(10)15(19)20/h3-8H,13H2,1-2H3,(H,17,18)/t7-,8-/m0/s1. The van der Waals surface area contributed by atoms with Crippen molar-refractivity contribution in [2.75, 3.05) is 0 Å². The maximum absolute atomic E-state index is 12.0. The van der Waals surface area contributed by atoms with Crippen molar-refractivity contribution in [3.8, 4) is 0 Å². The average molecular weight is 313 g/mol. The number of aliphatic carboxylic acids is 1. The summed E-state index contributed by atoms with van der Waals surface area (Å²) in [5, 5.41) is 20.0. The summed E-state index contributed by atoms with van der Waals surface area (Å²) in [4.78, 5) is 33.7. The van der Waals surface area contributed by atoms with Gasteiger partial charge in [0.1, 0.15) is 10.9 Å². The number of carbonyl (C=O) groups is 2. The summed E-state index contributed by atoms with van der Waals surface area (Å²) in [5.41, 5.74) is 5.29. The summed E-state index contributed by atoms with van der Waals surface area (Å²) >= 11 is 0.698. The van der Waals surface area contributed by atoms with E-state index in [-0.39, 0.29) is 10.6 Å². The number of rotatable bonds is 6.